The summed E-state index contributed by atoms with van der Waals surface area (Å²) in [6.45, 7) is -1.19. The van der Waals surface area contributed by atoms with Gasteiger partial charge in [-0.2, -0.15) is 0 Å². The molecule has 0 aliphatic carbocycles. The molecule has 0 radical (unpaired) electrons. The minimum absolute atomic E-state index is 0.526. The lowest BCUT2D eigenvalue weighted by Gasteiger charge is -2.42. The molecule has 3 rings (SSSR count). The summed E-state index contributed by atoms with van der Waals surface area (Å²) in [7, 11) is 0. The quantitative estimate of drug-likeness (QED) is 0.156. The van der Waals surface area contributed by atoms with Gasteiger partial charge >= 0.3 is 5.97 Å². The second-order valence-electron chi connectivity index (χ2n) is 7.73. The average Bonchev–Trinajstić information content (AvgIpc) is 2.82. The van der Waals surface area contributed by atoms with E-state index in [1.165, 1.54) is 6.08 Å². The van der Waals surface area contributed by atoms with Gasteiger partial charge in [0.25, 0.3) is 0 Å². The molecule has 33 heavy (non-hydrogen) atoms. The van der Waals surface area contributed by atoms with Crippen molar-refractivity contribution in [2.24, 2.45) is 0 Å². The monoisotopic (exact) mass is 472 g/mol. The first-order valence-corrected chi connectivity index (χ1v) is 10.3. The SMILES string of the molecule is O=C(C=Cc1ccccc1)OC1OC(COC2OC(CO)C(O)C(O)C2O)C(O)C(O)C1O. The van der Waals surface area contributed by atoms with Crippen molar-refractivity contribution in [3.05, 3.63) is 42.0 Å². The fourth-order valence-electron chi connectivity index (χ4n) is 3.43. The van der Waals surface area contributed by atoms with Crippen molar-refractivity contribution in [1.82, 2.24) is 0 Å². The van der Waals surface area contributed by atoms with Crippen molar-refractivity contribution >= 4 is 12.0 Å². The van der Waals surface area contributed by atoms with Crippen LogP contribution in [0.15, 0.2) is 36.4 Å². The van der Waals surface area contributed by atoms with Crippen LogP contribution in [0.4, 0.5) is 0 Å². The lowest BCUT2D eigenvalue weighted by molar-refractivity contribution is -0.326. The highest BCUT2D eigenvalue weighted by Crippen LogP contribution is 2.26. The number of aliphatic hydroxyl groups is 7. The topological polar surface area (TPSA) is 196 Å². The average molecular weight is 472 g/mol. The predicted octanol–water partition coefficient (Wildman–Crippen LogP) is -3.13. The van der Waals surface area contributed by atoms with E-state index in [-0.39, 0.29) is 0 Å². The van der Waals surface area contributed by atoms with Gasteiger partial charge in [-0.15, -0.1) is 0 Å². The summed E-state index contributed by atoms with van der Waals surface area (Å²) in [6.07, 6.45) is -13.2. The molecule has 10 atom stereocenters. The van der Waals surface area contributed by atoms with Crippen molar-refractivity contribution in [2.75, 3.05) is 13.2 Å². The Kier molecular flexibility index (Phi) is 8.89. The molecule has 2 aliphatic rings. The molecular formula is C21H28O12. The van der Waals surface area contributed by atoms with Gasteiger partial charge in [0.1, 0.15) is 48.8 Å². The van der Waals surface area contributed by atoms with Crippen molar-refractivity contribution in [3.8, 4) is 0 Å². The van der Waals surface area contributed by atoms with E-state index in [0.717, 1.165) is 11.6 Å². The molecule has 0 saturated carbocycles. The molecule has 184 valence electrons. The predicted molar refractivity (Wildman–Crippen MR) is 108 cm³/mol. The summed E-state index contributed by atoms with van der Waals surface area (Å²) < 4.78 is 20.9. The van der Waals surface area contributed by atoms with Gasteiger partial charge in [0.2, 0.25) is 6.29 Å². The third kappa shape index (κ3) is 6.13. The summed E-state index contributed by atoms with van der Waals surface area (Å²) in [5.41, 5.74) is 0.723. The number of ether oxygens (including phenoxy) is 4. The highest BCUT2D eigenvalue weighted by atomic mass is 16.7. The number of esters is 1. The molecule has 1 aromatic rings. The maximum Gasteiger partial charge on any atom is 0.333 e. The molecule has 0 bridgehead atoms. The number of carbonyl (C=O) groups excluding carboxylic acids is 1. The molecule has 2 heterocycles. The van der Waals surface area contributed by atoms with Crippen LogP contribution >= 0.6 is 0 Å². The minimum atomic E-state index is -1.75. The summed E-state index contributed by atoms with van der Waals surface area (Å²) in [6, 6.07) is 8.86. The number of hydrogen-bond donors (Lipinski definition) is 7. The van der Waals surface area contributed by atoms with Crippen LogP contribution in [0.3, 0.4) is 0 Å². The Labute approximate surface area is 188 Å². The van der Waals surface area contributed by atoms with E-state index in [9.17, 15) is 40.5 Å². The molecule has 7 N–H and O–H groups in total. The van der Waals surface area contributed by atoms with Crippen LogP contribution in [0.1, 0.15) is 5.56 Å². The van der Waals surface area contributed by atoms with E-state index in [2.05, 4.69) is 0 Å². The second-order valence-corrected chi connectivity index (χ2v) is 7.73. The highest BCUT2D eigenvalue weighted by Gasteiger charge is 2.48. The standard InChI is InChI=1S/C21H28O12/c22-8-11-14(24)16(26)18(28)20(31-11)30-9-12-15(25)17(27)19(29)21(32-12)33-13(23)7-6-10-4-2-1-3-5-10/h1-7,11-12,14-22,24-29H,8-9H2. The Morgan fingerprint density at radius 3 is 2.03 bits per heavy atom. The van der Waals surface area contributed by atoms with Gasteiger partial charge in [-0.3, -0.25) is 0 Å². The lowest BCUT2D eigenvalue weighted by atomic mass is 9.98. The van der Waals surface area contributed by atoms with Crippen molar-refractivity contribution in [2.45, 2.75) is 61.4 Å². The number of aliphatic hydroxyl groups excluding tert-OH is 7. The Hall–Kier alpha value is -1.97. The number of carbonyl (C=O) groups is 1. The molecule has 0 amide bonds. The van der Waals surface area contributed by atoms with E-state index in [4.69, 9.17) is 18.9 Å². The zero-order chi connectivity index (χ0) is 24.1. The molecule has 2 aliphatic heterocycles. The van der Waals surface area contributed by atoms with Crippen LogP contribution in [0.25, 0.3) is 6.08 Å². The Bertz CT molecular complexity index is 787. The maximum absolute atomic E-state index is 12.1. The molecule has 0 aromatic heterocycles. The Morgan fingerprint density at radius 2 is 1.39 bits per heavy atom. The minimum Gasteiger partial charge on any atom is -0.430 e. The lowest BCUT2D eigenvalue weighted by Crippen LogP contribution is -2.61. The van der Waals surface area contributed by atoms with Crippen LogP contribution in [-0.4, -0.2) is 116 Å². The summed E-state index contributed by atoms with van der Waals surface area (Å²) in [5, 5.41) is 69.3. The molecular weight excluding hydrogens is 444 g/mol. The fraction of sp³-hybridized carbons (Fsp3) is 0.571. The smallest absolute Gasteiger partial charge is 0.333 e. The Balaban J connectivity index is 1.59. The van der Waals surface area contributed by atoms with Crippen molar-refractivity contribution in [1.29, 1.82) is 0 Å². The van der Waals surface area contributed by atoms with Crippen LogP contribution in [-0.2, 0) is 23.7 Å². The first-order chi connectivity index (χ1) is 15.7. The highest BCUT2D eigenvalue weighted by molar-refractivity contribution is 5.87. The van der Waals surface area contributed by atoms with Gasteiger partial charge in [-0.25, -0.2) is 4.79 Å². The van der Waals surface area contributed by atoms with Gasteiger partial charge in [0, 0.05) is 6.08 Å². The van der Waals surface area contributed by atoms with E-state index in [1.54, 1.807) is 30.3 Å². The van der Waals surface area contributed by atoms with Gasteiger partial charge in [-0.05, 0) is 11.6 Å². The van der Waals surface area contributed by atoms with Crippen LogP contribution < -0.4 is 0 Å². The van der Waals surface area contributed by atoms with Crippen molar-refractivity contribution in [3.63, 3.8) is 0 Å². The fourth-order valence-corrected chi connectivity index (χ4v) is 3.43. The molecule has 12 nitrogen and oxygen atoms in total. The van der Waals surface area contributed by atoms with Crippen LogP contribution in [0.5, 0.6) is 0 Å². The normalized spacial score (nSPS) is 39.5. The largest absolute Gasteiger partial charge is 0.430 e. The van der Waals surface area contributed by atoms with Gasteiger partial charge in [0.15, 0.2) is 6.29 Å². The van der Waals surface area contributed by atoms with Gasteiger partial charge < -0.3 is 54.7 Å². The van der Waals surface area contributed by atoms with E-state index < -0.39 is 80.6 Å². The number of rotatable bonds is 7. The third-order valence-corrected chi connectivity index (χ3v) is 5.39. The van der Waals surface area contributed by atoms with Crippen LogP contribution in [0.2, 0.25) is 0 Å². The van der Waals surface area contributed by atoms with Gasteiger partial charge in [-0.1, -0.05) is 30.3 Å². The molecule has 2 saturated heterocycles. The molecule has 2 fully saturated rings. The number of benzene rings is 1. The van der Waals surface area contributed by atoms with E-state index in [0.29, 0.717) is 0 Å². The van der Waals surface area contributed by atoms with E-state index in [1.807, 2.05) is 0 Å². The maximum atomic E-state index is 12.1. The molecule has 1 aromatic carbocycles. The summed E-state index contributed by atoms with van der Waals surface area (Å²) >= 11 is 0. The third-order valence-electron chi connectivity index (χ3n) is 5.39. The second kappa shape index (κ2) is 11.4. The van der Waals surface area contributed by atoms with Crippen molar-refractivity contribution < 1.29 is 59.5 Å². The summed E-state index contributed by atoms with van der Waals surface area (Å²) in [5.74, 6) is -0.875. The molecule has 12 heteroatoms. The first kappa shape index (κ1) is 25.6. The van der Waals surface area contributed by atoms with Gasteiger partial charge in [0.05, 0.1) is 13.2 Å². The van der Waals surface area contributed by atoms with Crippen LogP contribution in [0, 0.1) is 0 Å². The summed E-state index contributed by atoms with van der Waals surface area (Å²) in [4.78, 5) is 12.1. The molecule has 10 unspecified atom stereocenters. The zero-order valence-corrected chi connectivity index (χ0v) is 17.4. The zero-order valence-electron chi connectivity index (χ0n) is 17.4. The number of hydrogen-bond acceptors (Lipinski definition) is 12. The molecule has 0 spiro atoms. The Morgan fingerprint density at radius 1 is 0.818 bits per heavy atom. The van der Waals surface area contributed by atoms with E-state index >= 15 is 0 Å². The first-order valence-electron chi connectivity index (χ1n) is 10.3.